The molecule has 0 spiro atoms. The van der Waals surface area contributed by atoms with Gasteiger partial charge in [-0.15, -0.1) is 0 Å². The molecule has 0 saturated heterocycles. The standard InChI is InChI=1S/C10H19N3O/c1-13-7-9(6-12-13)4-3-5-10(11)8-14-2/h6-7,10H,3-5,8,11H2,1-2H3. The summed E-state index contributed by atoms with van der Waals surface area (Å²) in [6.07, 6.45) is 7.09. The van der Waals surface area contributed by atoms with Gasteiger partial charge in [-0.2, -0.15) is 5.10 Å². The maximum absolute atomic E-state index is 5.81. The van der Waals surface area contributed by atoms with Gasteiger partial charge in [0, 0.05) is 26.4 Å². The van der Waals surface area contributed by atoms with Crippen molar-refractivity contribution in [2.45, 2.75) is 25.3 Å². The first-order chi connectivity index (χ1) is 6.72. The molecule has 0 radical (unpaired) electrons. The van der Waals surface area contributed by atoms with Gasteiger partial charge >= 0.3 is 0 Å². The van der Waals surface area contributed by atoms with Crippen molar-refractivity contribution in [2.75, 3.05) is 13.7 Å². The quantitative estimate of drug-likeness (QED) is 0.731. The Kier molecular flexibility index (Phi) is 4.62. The topological polar surface area (TPSA) is 53.1 Å². The van der Waals surface area contributed by atoms with Gasteiger partial charge in [0.1, 0.15) is 0 Å². The van der Waals surface area contributed by atoms with Crippen LogP contribution in [-0.2, 0) is 18.2 Å². The highest BCUT2D eigenvalue weighted by Gasteiger charge is 2.02. The third kappa shape index (κ3) is 3.89. The summed E-state index contributed by atoms with van der Waals surface area (Å²) in [7, 11) is 3.61. The molecule has 0 aliphatic carbocycles. The molecule has 1 aromatic heterocycles. The zero-order valence-corrected chi connectivity index (χ0v) is 8.94. The lowest BCUT2D eigenvalue weighted by molar-refractivity contribution is 0.176. The molecule has 1 aromatic rings. The lowest BCUT2D eigenvalue weighted by atomic mass is 10.1. The number of methoxy groups -OCH3 is 1. The maximum Gasteiger partial charge on any atom is 0.0613 e. The van der Waals surface area contributed by atoms with E-state index in [9.17, 15) is 0 Å². The first-order valence-electron chi connectivity index (χ1n) is 4.94. The predicted octanol–water partition coefficient (Wildman–Crippen LogP) is 0.716. The molecule has 14 heavy (non-hydrogen) atoms. The van der Waals surface area contributed by atoms with Crippen LogP contribution in [0.3, 0.4) is 0 Å². The monoisotopic (exact) mass is 197 g/mol. The Labute approximate surface area is 85.0 Å². The molecule has 0 bridgehead atoms. The Balaban J connectivity index is 2.15. The van der Waals surface area contributed by atoms with Crippen LogP contribution in [0.25, 0.3) is 0 Å². The highest BCUT2D eigenvalue weighted by atomic mass is 16.5. The van der Waals surface area contributed by atoms with Gasteiger partial charge in [0.2, 0.25) is 0 Å². The highest BCUT2D eigenvalue weighted by Crippen LogP contribution is 2.04. The zero-order valence-electron chi connectivity index (χ0n) is 8.94. The number of hydrogen-bond acceptors (Lipinski definition) is 3. The van der Waals surface area contributed by atoms with Gasteiger partial charge in [-0.1, -0.05) is 0 Å². The van der Waals surface area contributed by atoms with E-state index in [1.807, 2.05) is 24.1 Å². The lowest BCUT2D eigenvalue weighted by Crippen LogP contribution is -2.25. The average molecular weight is 197 g/mol. The summed E-state index contributed by atoms with van der Waals surface area (Å²) < 4.78 is 6.79. The Bertz CT molecular complexity index is 260. The maximum atomic E-state index is 5.81. The second-order valence-corrected chi connectivity index (χ2v) is 3.63. The van der Waals surface area contributed by atoms with Gasteiger partial charge in [-0.3, -0.25) is 4.68 Å². The number of aryl methyl sites for hydroxylation is 2. The molecule has 0 aliphatic heterocycles. The first kappa shape index (κ1) is 11.2. The van der Waals surface area contributed by atoms with E-state index in [1.165, 1.54) is 5.56 Å². The van der Waals surface area contributed by atoms with Crippen molar-refractivity contribution >= 4 is 0 Å². The fraction of sp³-hybridized carbons (Fsp3) is 0.700. The molecule has 0 amide bonds. The summed E-state index contributed by atoms with van der Waals surface area (Å²) in [4.78, 5) is 0. The van der Waals surface area contributed by atoms with Crippen molar-refractivity contribution in [3.05, 3.63) is 18.0 Å². The molecule has 0 saturated carbocycles. The highest BCUT2D eigenvalue weighted by molar-refractivity contribution is 5.03. The van der Waals surface area contributed by atoms with Crippen LogP contribution in [0.4, 0.5) is 0 Å². The van der Waals surface area contributed by atoms with Crippen molar-refractivity contribution in [1.82, 2.24) is 9.78 Å². The first-order valence-corrected chi connectivity index (χ1v) is 4.94. The molecule has 0 fully saturated rings. The number of nitrogens with two attached hydrogens (primary N) is 1. The number of aromatic nitrogens is 2. The van der Waals surface area contributed by atoms with Gasteiger partial charge in [0.05, 0.1) is 12.8 Å². The molecule has 0 aliphatic rings. The Morgan fingerprint density at radius 1 is 1.64 bits per heavy atom. The molecule has 4 nitrogen and oxygen atoms in total. The van der Waals surface area contributed by atoms with Crippen molar-refractivity contribution < 1.29 is 4.74 Å². The Morgan fingerprint density at radius 2 is 2.43 bits per heavy atom. The number of hydrogen-bond donors (Lipinski definition) is 1. The molecule has 2 N–H and O–H groups in total. The van der Waals surface area contributed by atoms with E-state index in [2.05, 4.69) is 5.10 Å². The van der Waals surface area contributed by atoms with Crippen molar-refractivity contribution in [1.29, 1.82) is 0 Å². The minimum Gasteiger partial charge on any atom is -0.383 e. The molecule has 1 rings (SSSR count). The summed E-state index contributed by atoms with van der Waals surface area (Å²) in [5, 5.41) is 4.11. The van der Waals surface area contributed by atoms with Gasteiger partial charge in [0.15, 0.2) is 0 Å². The van der Waals surface area contributed by atoms with Crippen LogP contribution in [0, 0.1) is 0 Å². The molecule has 1 heterocycles. The minimum atomic E-state index is 0.164. The molecular formula is C10H19N3O. The van der Waals surface area contributed by atoms with Crippen LogP contribution in [-0.4, -0.2) is 29.5 Å². The van der Waals surface area contributed by atoms with Crippen LogP contribution in [0.2, 0.25) is 0 Å². The van der Waals surface area contributed by atoms with E-state index < -0.39 is 0 Å². The number of nitrogens with zero attached hydrogens (tertiary/aromatic N) is 2. The van der Waals surface area contributed by atoms with Gasteiger partial charge in [-0.25, -0.2) is 0 Å². The van der Waals surface area contributed by atoms with Crippen LogP contribution in [0.1, 0.15) is 18.4 Å². The molecule has 1 unspecified atom stereocenters. The fourth-order valence-corrected chi connectivity index (χ4v) is 1.47. The Hall–Kier alpha value is -0.870. The predicted molar refractivity (Wildman–Crippen MR) is 56.0 cm³/mol. The summed E-state index contributed by atoms with van der Waals surface area (Å²) in [5.41, 5.74) is 7.08. The fourth-order valence-electron chi connectivity index (χ4n) is 1.47. The van der Waals surface area contributed by atoms with Crippen molar-refractivity contribution in [3.8, 4) is 0 Å². The van der Waals surface area contributed by atoms with E-state index in [4.69, 9.17) is 10.5 Å². The van der Waals surface area contributed by atoms with Gasteiger partial charge < -0.3 is 10.5 Å². The zero-order chi connectivity index (χ0) is 10.4. The van der Waals surface area contributed by atoms with Crippen LogP contribution in [0.15, 0.2) is 12.4 Å². The minimum absolute atomic E-state index is 0.164. The summed E-state index contributed by atoms with van der Waals surface area (Å²) in [6.45, 7) is 0.646. The van der Waals surface area contributed by atoms with Crippen LogP contribution < -0.4 is 5.73 Å². The third-order valence-electron chi connectivity index (χ3n) is 2.18. The van der Waals surface area contributed by atoms with Gasteiger partial charge in [0.25, 0.3) is 0 Å². The second-order valence-electron chi connectivity index (χ2n) is 3.63. The molecule has 1 atom stereocenters. The lowest BCUT2D eigenvalue weighted by Gasteiger charge is -2.08. The average Bonchev–Trinajstić information content (AvgIpc) is 2.52. The van der Waals surface area contributed by atoms with Crippen LogP contribution >= 0.6 is 0 Å². The molecule has 4 heteroatoms. The SMILES string of the molecule is COCC(N)CCCc1cnn(C)c1. The largest absolute Gasteiger partial charge is 0.383 e. The van der Waals surface area contributed by atoms with E-state index in [1.54, 1.807) is 7.11 Å². The van der Waals surface area contributed by atoms with E-state index in [0.717, 1.165) is 19.3 Å². The van der Waals surface area contributed by atoms with Crippen LogP contribution in [0.5, 0.6) is 0 Å². The molecule has 80 valence electrons. The van der Waals surface area contributed by atoms with E-state index in [-0.39, 0.29) is 6.04 Å². The summed E-state index contributed by atoms with van der Waals surface area (Å²) >= 11 is 0. The third-order valence-corrected chi connectivity index (χ3v) is 2.18. The van der Waals surface area contributed by atoms with Crippen molar-refractivity contribution in [3.63, 3.8) is 0 Å². The normalized spacial score (nSPS) is 13.1. The Morgan fingerprint density at radius 3 is 3.00 bits per heavy atom. The molecular weight excluding hydrogens is 178 g/mol. The summed E-state index contributed by atoms with van der Waals surface area (Å²) in [6, 6.07) is 0.164. The number of ether oxygens (including phenoxy) is 1. The molecule has 0 aromatic carbocycles. The smallest absolute Gasteiger partial charge is 0.0613 e. The second kappa shape index (κ2) is 5.78. The van der Waals surface area contributed by atoms with Crippen molar-refractivity contribution in [2.24, 2.45) is 12.8 Å². The van der Waals surface area contributed by atoms with E-state index >= 15 is 0 Å². The number of rotatable bonds is 6. The summed E-state index contributed by atoms with van der Waals surface area (Å²) in [5.74, 6) is 0. The van der Waals surface area contributed by atoms with E-state index in [0.29, 0.717) is 6.61 Å². The van der Waals surface area contributed by atoms with Gasteiger partial charge in [-0.05, 0) is 24.8 Å².